The summed E-state index contributed by atoms with van der Waals surface area (Å²) in [5.41, 5.74) is 2.48. The minimum Gasteiger partial charge on any atom is -0.493 e. The zero-order chi connectivity index (χ0) is 33.9. The van der Waals surface area contributed by atoms with Gasteiger partial charge in [0, 0.05) is 12.2 Å². The number of unbranched alkanes of at least 4 members (excludes halogenated alkanes) is 4. The maximum atomic E-state index is 12.8. The molecule has 0 aliphatic carbocycles. The van der Waals surface area contributed by atoms with E-state index in [1.54, 1.807) is 42.5 Å². The second-order valence-electron chi connectivity index (χ2n) is 10.2. The van der Waals surface area contributed by atoms with E-state index in [1.807, 2.05) is 24.3 Å². The van der Waals surface area contributed by atoms with Gasteiger partial charge < -0.3 is 28.4 Å². The molecule has 248 valence electrons. The van der Waals surface area contributed by atoms with Gasteiger partial charge in [-0.1, -0.05) is 37.4 Å². The second kappa shape index (κ2) is 19.9. The van der Waals surface area contributed by atoms with Gasteiger partial charge in [-0.15, -0.1) is 0 Å². The standard InChI is InChI=1S/C37H40O10/c1-4-34(38)44-23-9-7-6-8-22-43-32-21-18-30(26-33(32)42-3)37(41)47-31-19-16-28(17-20-31)27-12-14-29(15-13-27)36(40)46-25-11-10-24-45-35(39)5-2/h4-5,12-21,26H,1-2,6-11,22-25H2,3H3. The molecule has 0 saturated carbocycles. The summed E-state index contributed by atoms with van der Waals surface area (Å²) in [6, 6.07) is 18.9. The molecule has 0 amide bonds. The van der Waals surface area contributed by atoms with Crippen LogP contribution >= 0.6 is 0 Å². The molecule has 0 bridgehead atoms. The van der Waals surface area contributed by atoms with Crippen LogP contribution in [-0.4, -0.2) is 57.4 Å². The first kappa shape index (κ1) is 36.1. The van der Waals surface area contributed by atoms with E-state index in [4.69, 9.17) is 28.4 Å². The first-order chi connectivity index (χ1) is 22.8. The van der Waals surface area contributed by atoms with Crippen molar-refractivity contribution in [3.05, 3.63) is 103 Å². The molecule has 10 heteroatoms. The number of benzene rings is 3. The smallest absolute Gasteiger partial charge is 0.343 e. The number of rotatable bonds is 20. The zero-order valence-corrected chi connectivity index (χ0v) is 26.6. The van der Waals surface area contributed by atoms with Crippen LogP contribution in [0.4, 0.5) is 0 Å². The quantitative estimate of drug-likeness (QED) is 0.0421. The first-order valence-electron chi connectivity index (χ1n) is 15.3. The Hall–Kier alpha value is -5.38. The second-order valence-corrected chi connectivity index (χ2v) is 10.2. The van der Waals surface area contributed by atoms with Crippen molar-refractivity contribution in [1.29, 1.82) is 0 Å². The van der Waals surface area contributed by atoms with E-state index < -0.39 is 23.9 Å². The molecular formula is C37H40O10. The fourth-order valence-corrected chi connectivity index (χ4v) is 4.25. The minimum atomic E-state index is -0.541. The van der Waals surface area contributed by atoms with Gasteiger partial charge in [0.2, 0.25) is 0 Å². The Bertz CT molecular complexity index is 1490. The Labute approximate surface area is 274 Å². The molecule has 10 nitrogen and oxygen atoms in total. The third kappa shape index (κ3) is 12.5. The van der Waals surface area contributed by atoms with Crippen LogP contribution in [0, 0.1) is 0 Å². The molecule has 0 saturated heterocycles. The van der Waals surface area contributed by atoms with Crippen molar-refractivity contribution >= 4 is 23.9 Å². The highest BCUT2D eigenvalue weighted by molar-refractivity contribution is 5.92. The molecule has 3 aromatic carbocycles. The summed E-state index contributed by atoms with van der Waals surface area (Å²) in [4.78, 5) is 47.2. The van der Waals surface area contributed by atoms with Crippen LogP contribution < -0.4 is 14.2 Å². The maximum Gasteiger partial charge on any atom is 0.343 e. The number of carbonyl (C=O) groups is 4. The van der Waals surface area contributed by atoms with Gasteiger partial charge in [-0.25, -0.2) is 19.2 Å². The van der Waals surface area contributed by atoms with Crippen molar-refractivity contribution < 1.29 is 47.6 Å². The molecule has 3 rings (SSSR count). The van der Waals surface area contributed by atoms with Crippen molar-refractivity contribution in [3.63, 3.8) is 0 Å². The van der Waals surface area contributed by atoms with Crippen LogP contribution in [0.1, 0.15) is 59.2 Å². The largest absolute Gasteiger partial charge is 0.493 e. The first-order valence-corrected chi connectivity index (χ1v) is 15.3. The van der Waals surface area contributed by atoms with E-state index in [9.17, 15) is 19.2 Å². The fraction of sp³-hybridized carbons (Fsp3) is 0.297. The Kier molecular flexibility index (Phi) is 15.3. The Balaban J connectivity index is 1.43. The third-order valence-electron chi connectivity index (χ3n) is 6.81. The number of methoxy groups -OCH3 is 1. The lowest BCUT2D eigenvalue weighted by Crippen LogP contribution is -2.09. The van der Waals surface area contributed by atoms with E-state index in [0.29, 0.717) is 54.4 Å². The normalized spacial score (nSPS) is 10.3. The lowest BCUT2D eigenvalue weighted by molar-refractivity contribution is -0.138. The summed E-state index contributed by atoms with van der Waals surface area (Å²) in [7, 11) is 1.50. The fourth-order valence-electron chi connectivity index (χ4n) is 4.25. The van der Waals surface area contributed by atoms with Gasteiger partial charge in [-0.05, 0) is 92.1 Å². The Morgan fingerprint density at radius 2 is 1.09 bits per heavy atom. The van der Waals surface area contributed by atoms with E-state index in [0.717, 1.165) is 49.0 Å². The van der Waals surface area contributed by atoms with Gasteiger partial charge in [-0.3, -0.25) is 0 Å². The van der Waals surface area contributed by atoms with E-state index in [1.165, 1.54) is 7.11 Å². The number of esters is 4. The summed E-state index contributed by atoms with van der Waals surface area (Å²) >= 11 is 0. The lowest BCUT2D eigenvalue weighted by atomic mass is 10.0. The van der Waals surface area contributed by atoms with Gasteiger partial charge in [0.15, 0.2) is 11.5 Å². The van der Waals surface area contributed by atoms with Gasteiger partial charge in [-0.2, -0.15) is 0 Å². The number of hydrogen-bond donors (Lipinski definition) is 0. The van der Waals surface area contributed by atoms with Crippen LogP contribution in [0.25, 0.3) is 11.1 Å². The van der Waals surface area contributed by atoms with Crippen LogP contribution in [0.2, 0.25) is 0 Å². The summed E-state index contributed by atoms with van der Waals surface area (Å²) < 4.78 is 32.0. The molecule has 0 N–H and O–H groups in total. The highest BCUT2D eigenvalue weighted by atomic mass is 16.5. The van der Waals surface area contributed by atoms with Gasteiger partial charge in [0.05, 0.1) is 44.7 Å². The van der Waals surface area contributed by atoms with E-state index in [2.05, 4.69) is 13.2 Å². The highest BCUT2D eigenvalue weighted by Crippen LogP contribution is 2.29. The molecule has 0 unspecified atom stereocenters. The molecule has 3 aromatic rings. The van der Waals surface area contributed by atoms with Crippen LogP contribution in [0.5, 0.6) is 17.2 Å². The lowest BCUT2D eigenvalue weighted by Gasteiger charge is -2.12. The molecule has 47 heavy (non-hydrogen) atoms. The van der Waals surface area contributed by atoms with Crippen molar-refractivity contribution in [2.45, 2.75) is 38.5 Å². The average Bonchev–Trinajstić information content (AvgIpc) is 3.10. The molecular weight excluding hydrogens is 604 g/mol. The minimum absolute atomic E-state index is 0.220. The van der Waals surface area contributed by atoms with Gasteiger partial charge in [0.1, 0.15) is 5.75 Å². The van der Waals surface area contributed by atoms with E-state index >= 15 is 0 Å². The van der Waals surface area contributed by atoms with Crippen LogP contribution in [-0.2, 0) is 23.8 Å². The average molecular weight is 645 g/mol. The summed E-state index contributed by atoms with van der Waals surface area (Å²) in [5, 5.41) is 0. The van der Waals surface area contributed by atoms with Gasteiger partial charge in [0.25, 0.3) is 0 Å². The molecule has 0 fully saturated rings. The SMILES string of the molecule is C=CC(=O)OCCCCCCOc1ccc(C(=O)Oc2ccc(-c3ccc(C(=O)OCCCCOC(=O)C=C)cc3)cc2)cc1OC. The number of hydrogen-bond acceptors (Lipinski definition) is 10. The van der Waals surface area contributed by atoms with Crippen LogP contribution in [0.15, 0.2) is 92.0 Å². The Morgan fingerprint density at radius 3 is 1.66 bits per heavy atom. The summed E-state index contributed by atoms with van der Waals surface area (Å²) in [5.74, 6) is -0.549. The van der Waals surface area contributed by atoms with Crippen molar-refractivity contribution in [2.24, 2.45) is 0 Å². The molecule has 0 aliphatic rings. The number of carbonyl (C=O) groups excluding carboxylic acids is 4. The predicted molar refractivity (Wildman–Crippen MR) is 176 cm³/mol. The third-order valence-corrected chi connectivity index (χ3v) is 6.81. The molecule has 0 aliphatic heterocycles. The maximum absolute atomic E-state index is 12.8. The summed E-state index contributed by atoms with van der Waals surface area (Å²) in [6.07, 6.45) is 6.80. The molecule has 0 aromatic heterocycles. The zero-order valence-electron chi connectivity index (χ0n) is 26.6. The Morgan fingerprint density at radius 1 is 0.574 bits per heavy atom. The van der Waals surface area contributed by atoms with Gasteiger partial charge >= 0.3 is 23.9 Å². The topological polar surface area (TPSA) is 124 Å². The number of ether oxygens (including phenoxy) is 6. The summed E-state index contributed by atoms with van der Waals surface area (Å²) in [6.45, 7) is 8.01. The molecule has 0 atom stereocenters. The van der Waals surface area contributed by atoms with Crippen molar-refractivity contribution in [1.82, 2.24) is 0 Å². The molecule has 0 heterocycles. The predicted octanol–water partition coefficient (Wildman–Crippen LogP) is 6.92. The van der Waals surface area contributed by atoms with Crippen molar-refractivity contribution in [2.75, 3.05) is 33.5 Å². The van der Waals surface area contributed by atoms with Crippen molar-refractivity contribution in [3.8, 4) is 28.4 Å². The molecule has 0 spiro atoms. The van der Waals surface area contributed by atoms with Crippen LogP contribution in [0.3, 0.4) is 0 Å². The van der Waals surface area contributed by atoms with E-state index in [-0.39, 0.29) is 13.2 Å². The monoisotopic (exact) mass is 644 g/mol. The molecule has 0 radical (unpaired) electrons. The highest BCUT2D eigenvalue weighted by Gasteiger charge is 2.14.